The molecule has 3 unspecified atom stereocenters. The monoisotopic (exact) mass is 448 g/mol. The first-order valence-electron chi connectivity index (χ1n) is 13.5. The van der Waals surface area contributed by atoms with E-state index < -0.39 is 0 Å². The van der Waals surface area contributed by atoms with Gasteiger partial charge < -0.3 is 14.9 Å². The molecule has 0 heterocycles. The van der Waals surface area contributed by atoms with Crippen LogP contribution in [0.25, 0.3) is 0 Å². The van der Waals surface area contributed by atoms with Gasteiger partial charge in [0.15, 0.2) is 0 Å². The van der Waals surface area contributed by atoms with Gasteiger partial charge in [-0.25, -0.2) is 0 Å². The third-order valence-corrected chi connectivity index (χ3v) is 11.6. The second-order valence-electron chi connectivity index (χ2n) is 12.7. The fourth-order valence-corrected chi connectivity index (χ4v) is 9.76. The van der Waals surface area contributed by atoms with Gasteiger partial charge in [0.1, 0.15) is 0 Å². The molecule has 2 N–H and O–H groups in total. The second-order valence-corrected chi connectivity index (χ2v) is 12.7. The van der Waals surface area contributed by atoms with Crippen molar-refractivity contribution >= 4 is 5.97 Å². The molecule has 0 aromatic rings. The zero-order valence-electron chi connectivity index (χ0n) is 21.3. The molecule has 0 aliphatic heterocycles. The van der Waals surface area contributed by atoms with Gasteiger partial charge in [-0.3, -0.25) is 4.79 Å². The van der Waals surface area contributed by atoms with Crippen LogP contribution < -0.4 is 0 Å². The number of carbonyl (C=O) groups is 1. The smallest absolute Gasteiger partial charge is 0.305 e. The summed E-state index contributed by atoms with van der Waals surface area (Å²) in [7, 11) is 1.46. The van der Waals surface area contributed by atoms with E-state index in [9.17, 15) is 15.0 Å². The summed E-state index contributed by atoms with van der Waals surface area (Å²) in [6.45, 7) is 11.7. The van der Waals surface area contributed by atoms with Crippen LogP contribution in [0.4, 0.5) is 0 Å². The third kappa shape index (κ3) is 3.58. The number of rotatable bonds is 5. The van der Waals surface area contributed by atoms with E-state index >= 15 is 0 Å². The second kappa shape index (κ2) is 8.87. The largest absolute Gasteiger partial charge is 0.469 e. The van der Waals surface area contributed by atoms with Crippen LogP contribution in [0, 0.1) is 58.2 Å². The van der Waals surface area contributed by atoms with E-state index in [1.54, 1.807) is 0 Å². The van der Waals surface area contributed by atoms with Crippen molar-refractivity contribution in [3.63, 3.8) is 0 Å². The minimum absolute atomic E-state index is 0.139. The molecule has 4 nitrogen and oxygen atoms in total. The summed E-state index contributed by atoms with van der Waals surface area (Å²) in [5.74, 6) is 3.46. The Morgan fingerprint density at radius 3 is 2.47 bits per heavy atom. The summed E-state index contributed by atoms with van der Waals surface area (Å²) in [6, 6.07) is 0. The third-order valence-electron chi connectivity index (χ3n) is 11.6. The molecule has 12 atom stereocenters. The summed E-state index contributed by atoms with van der Waals surface area (Å²) in [4.78, 5) is 11.7. The van der Waals surface area contributed by atoms with E-state index in [4.69, 9.17) is 4.74 Å². The van der Waals surface area contributed by atoms with Gasteiger partial charge in [0.05, 0.1) is 19.3 Å². The summed E-state index contributed by atoms with van der Waals surface area (Å²) >= 11 is 0. The van der Waals surface area contributed by atoms with Crippen molar-refractivity contribution in [1.29, 1.82) is 0 Å². The number of aliphatic hydroxyl groups excluding tert-OH is 2. The van der Waals surface area contributed by atoms with E-state index in [-0.39, 0.29) is 29.0 Å². The number of aliphatic hydroxyl groups is 2. The predicted molar refractivity (Wildman–Crippen MR) is 127 cm³/mol. The first-order chi connectivity index (χ1) is 15.1. The maximum Gasteiger partial charge on any atom is 0.305 e. The van der Waals surface area contributed by atoms with Crippen molar-refractivity contribution in [1.82, 2.24) is 0 Å². The number of methoxy groups -OCH3 is 1. The highest BCUT2D eigenvalue weighted by atomic mass is 16.5. The standard InChI is InChI=1S/C28H48O4/c1-7-18-21-14-16(2)12-13-27(21,4)22-15-23(29)28(5)19(17(3)8-11-24(30)32-6)9-10-20(28)25(22)26(18)31/h16-23,25-26,29,31H,7-15H2,1-6H3/t16-,17-,18-,19-,20?,21+,22?,23+,25?,26-,27+,28-/m1/s1. The SMILES string of the molecule is CC[C@H]1[C@@H](O)C2C3CC[C@H]([C@H](C)CCC(=O)OC)[C@@]3(C)[C@@H](O)CC2[C@@]2(C)CC[C@@H](C)C[C@@H]12. The van der Waals surface area contributed by atoms with Crippen molar-refractivity contribution in [2.45, 2.75) is 105 Å². The molecule has 0 saturated heterocycles. The molecule has 0 amide bonds. The molecule has 4 aliphatic rings. The van der Waals surface area contributed by atoms with Crippen LogP contribution in [0.2, 0.25) is 0 Å². The lowest BCUT2D eigenvalue weighted by Crippen LogP contribution is -2.64. The highest BCUT2D eigenvalue weighted by molar-refractivity contribution is 5.69. The quantitative estimate of drug-likeness (QED) is 0.549. The minimum Gasteiger partial charge on any atom is -0.469 e. The fraction of sp³-hybridized carbons (Fsp3) is 0.964. The summed E-state index contributed by atoms with van der Waals surface area (Å²) in [5, 5.41) is 23.6. The summed E-state index contributed by atoms with van der Waals surface area (Å²) in [5.41, 5.74) is 0.0785. The molecule has 0 aromatic heterocycles. The molecule has 4 rings (SSSR count). The van der Waals surface area contributed by atoms with Crippen LogP contribution in [0.15, 0.2) is 0 Å². The van der Waals surface area contributed by atoms with Gasteiger partial charge in [-0.2, -0.15) is 0 Å². The maximum absolute atomic E-state index is 11.8. The molecular formula is C28H48O4. The zero-order valence-corrected chi connectivity index (χ0v) is 21.3. The maximum atomic E-state index is 11.8. The number of esters is 1. The van der Waals surface area contributed by atoms with E-state index in [0.717, 1.165) is 38.0 Å². The Morgan fingerprint density at radius 1 is 1.09 bits per heavy atom. The van der Waals surface area contributed by atoms with Crippen molar-refractivity contribution in [3.8, 4) is 0 Å². The first-order valence-corrected chi connectivity index (χ1v) is 13.5. The first kappa shape index (κ1) is 24.5. The van der Waals surface area contributed by atoms with Gasteiger partial charge >= 0.3 is 5.97 Å². The van der Waals surface area contributed by atoms with Crippen molar-refractivity contribution < 1.29 is 19.7 Å². The fourth-order valence-electron chi connectivity index (χ4n) is 9.76. The normalized spacial score (nSPS) is 51.3. The van der Waals surface area contributed by atoms with E-state index in [2.05, 4.69) is 34.6 Å². The Kier molecular flexibility index (Phi) is 6.80. The summed E-state index contributed by atoms with van der Waals surface area (Å²) in [6.07, 6.45) is 8.59. The van der Waals surface area contributed by atoms with Gasteiger partial charge in [-0.05, 0) is 96.7 Å². The molecular weight excluding hydrogens is 400 g/mol. The van der Waals surface area contributed by atoms with Crippen LogP contribution in [0.5, 0.6) is 0 Å². The number of hydrogen-bond acceptors (Lipinski definition) is 4. The van der Waals surface area contributed by atoms with Gasteiger partial charge in [0, 0.05) is 6.42 Å². The molecule has 4 saturated carbocycles. The Bertz CT molecular complexity index is 693. The lowest BCUT2D eigenvalue weighted by atomic mass is 9.40. The number of carbonyl (C=O) groups excluding carboxylic acids is 1. The molecule has 0 bridgehead atoms. The Hall–Kier alpha value is -0.610. The van der Waals surface area contributed by atoms with E-state index in [1.807, 2.05) is 0 Å². The molecule has 4 aliphatic carbocycles. The molecule has 0 spiro atoms. The van der Waals surface area contributed by atoms with Gasteiger partial charge in [0.2, 0.25) is 0 Å². The Morgan fingerprint density at radius 2 is 1.81 bits per heavy atom. The van der Waals surface area contributed by atoms with E-state index in [0.29, 0.717) is 47.8 Å². The van der Waals surface area contributed by atoms with Crippen molar-refractivity contribution in [3.05, 3.63) is 0 Å². The zero-order chi connectivity index (χ0) is 23.4. The highest BCUT2D eigenvalue weighted by Gasteiger charge is 2.67. The molecule has 0 aromatic carbocycles. The minimum atomic E-state index is -0.316. The van der Waals surface area contributed by atoms with Crippen LogP contribution in [-0.2, 0) is 9.53 Å². The lowest BCUT2D eigenvalue weighted by Gasteiger charge is -2.66. The Labute approximate surface area is 195 Å². The average molecular weight is 449 g/mol. The number of fused-ring (bicyclic) bond motifs is 5. The molecule has 4 heteroatoms. The van der Waals surface area contributed by atoms with Crippen molar-refractivity contribution in [2.24, 2.45) is 58.2 Å². The summed E-state index contributed by atoms with van der Waals surface area (Å²) < 4.78 is 4.87. The lowest BCUT2D eigenvalue weighted by molar-refractivity contribution is -0.225. The van der Waals surface area contributed by atoms with Crippen LogP contribution in [0.3, 0.4) is 0 Å². The molecule has 4 fully saturated rings. The van der Waals surface area contributed by atoms with E-state index in [1.165, 1.54) is 26.4 Å². The highest BCUT2D eigenvalue weighted by Crippen LogP contribution is 2.69. The Balaban J connectivity index is 1.63. The van der Waals surface area contributed by atoms with Crippen LogP contribution in [0.1, 0.15) is 92.4 Å². The molecule has 0 radical (unpaired) electrons. The molecule has 184 valence electrons. The van der Waals surface area contributed by atoms with Crippen LogP contribution in [-0.4, -0.2) is 35.5 Å². The molecule has 32 heavy (non-hydrogen) atoms. The average Bonchev–Trinajstić information content (AvgIpc) is 3.12. The van der Waals surface area contributed by atoms with Crippen molar-refractivity contribution in [2.75, 3.05) is 7.11 Å². The predicted octanol–water partition coefficient (Wildman–Crippen LogP) is 5.45. The topological polar surface area (TPSA) is 66.8 Å². The number of ether oxygens (including phenoxy) is 1. The number of hydrogen-bond donors (Lipinski definition) is 2. The van der Waals surface area contributed by atoms with Gasteiger partial charge in [-0.1, -0.05) is 47.5 Å². The van der Waals surface area contributed by atoms with Gasteiger partial charge in [-0.15, -0.1) is 0 Å². The van der Waals surface area contributed by atoms with Gasteiger partial charge in [0.25, 0.3) is 0 Å². The van der Waals surface area contributed by atoms with Crippen LogP contribution >= 0.6 is 0 Å².